The maximum Gasteiger partial charge on any atom is 0.122 e. The lowest BCUT2D eigenvalue weighted by Crippen LogP contribution is -2.27. The van der Waals surface area contributed by atoms with Crippen molar-refractivity contribution in [3.05, 3.63) is 41.5 Å². The summed E-state index contributed by atoms with van der Waals surface area (Å²) < 4.78 is 6.16. The first-order valence-electron chi connectivity index (χ1n) is 10.0. The first kappa shape index (κ1) is 19.7. The molecular weight excluding hydrogens is 348 g/mol. The highest BCUT2D eigenvalue weighted by atomic mass is 35.5. The summed E-state index contributed by atoms with van der Waals surface area (Å²) in [6.45, 7) is 2.64. The number of aliphatic hydroxyl groups excluding tert-OH is 2. The zero-order valence-electron chi connectivity index (χ0n) is 15.6. The Morgan fingerprint density at radius 1 is 1.23 bits per heavy atom. The summed E-state index contributed by atoms with van der Waals surface area (Å²) in [6.07, 6.45) is 10.1. The number of hydrogen-bond donors (Lipinski definition) is 2. The Morgan fingerprint density at radius 3 is 2.88 bits per heavy atom. The molecule has 0 spiro atoms. The van der Waals surface area contributed by atoms with Gasteiger partial charge in [-0.05, 0) is 61.6 Å². The van der Waals surface area contributed by atoms with Crippen molar-refractivity contribution in [2.45, 2.75) is 69.5 Å². The fourth-order valence-corrected chi connectivity index (χ4v) is 4.81. The molecule has 0 heterocycles. The Kier molecular flexibility index (Phi) is 7.02. The molecule has 5 atom stereocenters. The number of ether oxygens (including phenoxy) is 1. The van der Waals surface area contributed by atoms with Gasteiger partial charge in [-0.1, -0.05) is 37.6 Å². The molecule has 1 aromatic rings. The molecule has 2 N–H and O–H groups in total. The summed E-state index contributed by atoms with van der Waals surface area (Å²) in [6, 6.07) is 5.92. The van der Waals surface area contributed by atoms with Crippen molar-refractivity contribution in [1.82, 2.24) is 0 Å². The smallest absolute Gasteiger partial charge is 0.122 e. The Morgan fingerprint density at radius 2 is 2.08 bits per heavy atom. The normalized spacial score (nSPS) is 31.3. The van der Waals surface area contributed by atoms with Crippen LogP contribution < -0.4 is 4.74 Å². The summed E-state index contributed by atoms with van der Waals surface area (Å²) in [7, 11) is 0. The molecule has 2 aliphatic rings. The predicted molar refractivity (Wildman–Crippen MR) is 106 cm³/mol. The van der Waals surface area contributed by atoms with Gasteiger partial charge in [-0.3, -0.25) is 0 Å². The molecule has 0 aliphatic heterocycles. The number of rotatable bonds is 7. The number of halogens is 1. The molecule has 1 unspecified atom stereocenters. The van der Waals surface area contributed by atoms with E-state index in [0.29, 0.717) is 13.0 Å². The summed E-state index contributed by atoms with van der Waals surface area (Å²) in [5, 5.41) is 20.7. The number of alkyl halides is 1. The molecule has 3 rings (SSSR count). The van der Waals surface area contributed by atoms with E-state index in [1.54, 1.807) is 0 Å². The molecule has 0 radical (unpaired) electrons. The Hall–Kier alpha value is -1.03. The minimum Gasteiger partial charge on any atom is -0.493 e. The van der Waals surface area contributed by atoms with Crippen LogP contribution in [0.1, 0.15) is 62.7 Å². The largest absolute Gasteiger partial charge is 0.493 e. The molecule has 3 nitrogen and oxygen atoms in total. The minimum atomic E-state index is -0.410. The molecule has 26 heavy (non-hydrogen) atoms. The standard InChI is InChI=1S/C22H31ClO3/c1-2-3-4-5-8-15-18(21(25)13-19(15)23)14-26-22-12-7-9-16-17(22)10-6-11-20(16)24/h4-5,7,9,12,15,18-21,24-25H,2-3,6,8,10-11,13-14H2,1H3/b5-4-/t15-,18-,19-,20?,21-/m1/s1. The van der Waals surface area contributed by atoms with E-state index in [0.717, 1.165) is 55.4 Å². The first-order valence-corrected chi connectivity index (χ1v) is 10.4. The number of unbranched alkanes of at least 4 members (excludes halogenated alkanes) is 1. The monoisotopic (exact) mass is 378 g/mol. The lowest BCUT2D eigenvalue weighted by molar-refractivity contribution is 0.0798. The Labute approximate surface area is 162 Å². The third-order valence-corrected chi connectivity index (χ3v) is 6.37. The van der Waals surface area contributed by atoms with Crippen LogP contribution in [0.5, 0.6) is 5.75 Å². The zero-order chi connectivity index (χ0) is 18.5. The number of aliphatic hydroxyl groups is 2. The van der Waals surface area contributed by atoms with Gasteiger partial charge in [0.2, 0.25) is 0 Å². The average Bonchev–Trinajstić information content (AvgIpc) is 2.90. The van der Waals surface area contributed by atoms with Gasteiger partial charge >= 0.3 is 0 Å². The third-order valence-electron chi connectivity index (χ3n) is 5.87. The highest BCUT2D eigenvalue weighted by molar-refractivity contribution is 6.21. The molecule has 1 aromatic carbocycles. The average molecular weight is 379 g/mol. The molecule has 1 fully saturated rings. The van der Waals surface area contributed by atoms with E-state index < -0.39 is 6.10 Å². The van der Waals surface area contributed by atoms with E-state index in [9.17, 15) is 10.2 Å². The van der Waals surface area contributed by atoms with Gasteiger partial charge in [0.25, 0.3) is 0 Å². The van der Waals surface area contributed by atoms with Gasteiger partial charge in [-0.15, -0.1) is 11.6 Å². The number of hydrogen-bond acceptors (Lipinski definition) is 3. The molecular formula is C22H31ClO3. The Bertz CT molecular complexity index is 615. The number of allylic oxidation sites excluding steroid dienone is 2. The summed E-state index contributed by atoms with van der Waals surface area (Å²) >= 11 is 6.51. The van der Waals surface area contributed by atoms with Crippen LogP contribution in [0.4, 0.5) is 0 Å². The van der Waals surface area contributed by atoms with Crippen molar-refractivity contribution < 1.29 is 14.9 Å². The second kappa shape index (κ2) is 9.25. The lowest BCUT2D eigenvalue weighted by atomic mass is 9.88. The van der Waals surface area contributed by atoms with E-state index in [-0.39, 0.29) is 23.3 Å². The van der Waals surface area contributed by atoms with Gasteiger partial charge in [0.1, 0.15) is 5.75 Å². The predicted octanol–water partition coefficient (Wildman–Crippen LogP) is 4.79. The van der Waals surface area contributed by atoms with Gasteiger partial charge in [-0.2, -0.15) is 0 Å². The molecule has 0 saturated heterocycles. The van der Waals surface area contributed by atoms with Gasteiger partial charge < -0.3 is 14.9 Å². The van der Waals surface area contributed by atoms with Crippen LogP contribution >= 0.6 is 11.6 Å². The second-order valence-electron chi connectivity index (χ2n) is 7.69. The van der Waals surface area contributed by atoms with Gasteiger partial charge in [-0.25, -0.2) is 0 Å². The molecule has 144 valence electrons. The second-order valence-corrected chi connectivity index (χ2v) is 8.25. The molecule has 0 bridgehead atoms. The molecule has 2 aliphatic carbocycles. The third kappa shape index (κ3) is 4.44. The quantitative estimate of drug-likeness (QED) is 0.530. The van der Waals surface area contributed by atoms with Crippen LogP contribution in [-0.2, 0) is 6.42 Å². The van der Waals surface area contributed by atoms with Crippen molar-refractivity contribution in [3.63, 3.8) is 0 Å². The summed E-state index contributed by atoms with van der Waals surface area (Å²) in [5.74, 6) is 1.14. The maximum atomic E-state index is 10.5. The fraction of sp³-hybridized carbons (Fsp3) is 0.636. The van der Waals surface area contributed by atoms with Gasteiger partial charge in [0.15, 0.2) is 0 Å². The van der Waals surface area contributed by atoms with E-state index in [1.165, 1.54) is 0 Å². The lowest BCUT2D eigenvalue weighted by Gasteiger charge is -2.26. The van der Waals surface area contributed by atoms with Crippen molar-refractivity contribution in [3.8, 4) is 5.75 Å². The van der Waals surface area contributed by atoms with Crippen LogP contribution in [0.3, 0.4) is 0 Å². The highest BCUT2D eigenvalue weighted by Crippen LogP contribution is 2.40. The van der Waals surface area contributed by atoms with E-state index in [4.69, 9.17) is 16.3 Å². The number of benzene rings is 1. The molecule has 1 saturated carbocycles. The van der Waals surface area contributed by atoms with Gasteiger partial charge in [0.05, 0.1) is 18.8 Å². The topological polar surface area (TPSA) is 49.7 Å². The zero-order valence-corrected chi connectivity index (χ0v) is 16.4. The van der Waals surface area contributed by atoms with Gasteiger partial charge in [0, 0.05) is 11.3 Å². The fourth-order valence-electron chi connectivity index (χ4n) is 4.34. The maximum absolute atomic E-state index is 10.5. The summed E-state index contributed by atoms with van der Waals surface area (Å²) in [4.78, 5) is 0. The van der Waals surface area contributed by atoms with Crippen molar-refractivity contribution in [1.29, 1.82) is 0 Å². The van der Waals surface area contributed by atoms with Crippen molar-refractivity contribution in [2.24, 2.45) is 11.8 Å². The minimum absolute atomic E-state index is 0.00335. The first-order chi connectivity index (χ1) is 12.6. The van der Waals surface area contributed by atoms with Crippen LogP contribution in [0.2, 0.25) is 0 Å². The van der Waals surface area contributed by atoms with Crippen LogP contribution in [0.25, 0.3) is 0 Å². The Balaban J connectivity index is 1.67. The van der Waals surface area contributed by atoms with Crippen molar-refractivity contribution in [2.75, 3.05) is 6.61 Å². The van der Waals surface area contributed by atoms with Crippen LogP contribution in [-0.4, -0.2) is 28.3 Å². The van der Waals surface area contributed by atoms with Crippen LogP contribution in [0.15, 0.2) is 30.4 Å². The SMILES string of the molecule is CCC/C=C\C[C@@H]1[C@@H](COc2cccc3c2CCCC3O)[C@H](O)C[C@H]1Cl. The van der Waals surface area contributed by atoms with E-state index in [2.05, 4.69) is 19.1 Å². The van der Waals surface area contributed by atoms with E-state index >= 15 is 0 Å². The molecule has 0 aromatic heterocycles. The number of fused-ring (bicyclic) bond motifs is 1. The highest BCUT2D eigenvalue weighted by Gasteiger charge is 2.41. The van der Waals surface area contributed by atoms with E-state index in [1.807, 2.05) is 18.2 Å². The summed E-state index contributed by atoms with van der Waals surface area (Å²) in [5.41, 5.74) is 2.12. The molecule has 0 amide bonds. The molecule has 4 heteroatoms. The van der Waals surface area contributed by atoms with Crippen LogP contribution in [0, 0.1) is 11.8 Å². The van der Waals surface area contributed by atoms with Crippen molar-refractivity contribution >= 4 is 11.6 Å².